The smallest absolute Gasteiger partial charge is 0.307 e. The number of carbonyl (C=O) groups is 1. The molecular formula is C15H20O2. The number of hydrogen-bond acceptors (Lipinski definition) is 1. The first-order valence-corrected chi connectivity index (χ1v) is 6.03. The van der Waals surface area contributed by atoms with Crippen molar-refractivity contribution in [2.45, 2.75) is 40.0 Å². The molecule has 1 N–H and O–H groups in total. The number of hydrogen-bond donors (Lipinski definition) is 1. The van der Waals surface area contributed by atoms with E-state index < -0.39 is 5.97 Å². The van der Waals surface area contributed by atoms with E-state index in [-0.39, 0.29) is 6.42 Å². The molecular weight excluding hydrogens is 212 g/mol. The number of carboxylic acid groups (broad SMARTS) is 1. The van der Waals surface area contributed by atoms with Gasteiger partial charge in [0, 0.05) is 0 Å². The number of aryl methyl sites for hydroxylation is 2. The predicted molar refractivity (Wildman–Crippen MR) is 71.1 cm³/mol. The second-order valence-corrected chi connectivity index (χ2v) is 4.38. The maximum atomic E-state index is 10.6. The average Bonchev–Trinajstić information content (AvgIpc) is 2.28. The van der Waals surface area contributed by atoms with Crippen LogP contribution in [0.25, 0.3) is 5.57 Å². The standard InChI is InChI=1S/C15H20O2/c1-4-5-13(8-9-15(16)17)14-7-6-11(2)12(3)10-14/h6-8,10H,4-5,9H2,1-3H3,(H,16,17)/b13-8+. The van der Waals surface area contributed by atoms with Crippen molar-refractivity contribution in [1.82, 2.24) is 0 Å². The van der Waals surface area contributed by atoms with Crippen molar-refractivity contribution >= 4 is 11.5 Å². The molecule has 0 saturated carbocycles. The second kappa shape index (κ2) is 6.24. The van der Waals surface area contributed by atoms with Gasteiger partial charge in [-0.25, -0.2) is 0 Å². The van der Waals surface area contributed by atoms with Crippen LogP contribution in [0.3, 0.4) is 0 Å². The molecule has 2 nitrogen and oxygen atoms in total. The van der Waals surface area contributed by atoms with Gasteiger partial charge in [0.1, 0.15) is 0 Å². The molecule has 0 atom stereocenters. The van der Waals surface area contributed by atoms with Crippen LogP contribution in [0.2, 0.25) is 0 Å². The summed E-state index contributed by atoms with van der Waals surface area (Å²) in [7, 11) is 0. The van der Waals surface area contributed by atoms with Gasteiger partial charge in [0.15, 0.2) is 0 Å². The highest BCUT2D eigenvalue weighted by Gasteiger charge is 2.03. The third kappa shape index (κ3) is 4.06. The van der Waals surface area contributed by atoms with E-state index in [0.717, 1.165) is 24.0 Å². The van der Waals surface area contributed by atoms with E-state index >= 15 is 0 Å². The zero-order valence-corrected chi connectivity index (χ0v) is 10.8. The maximum Gasteiger partial charge on any atom is 0.307 e. The van der Waals surface area contributed by atoms with Gasteiger partial charge >= 0.3 is 5.97 Å². The molecule has 0 saturated heterocycles. The van der Waals surface area contributed by atoms with Crippen LogP contribution in [0, 0.1) is 13.8 Å². The fourth-order valence-electron chi connectivity index (χ4n) is 1.79. The van der Waals surface area contributed by atoms with Crippen molar-refractivity contribution in [3.8, 4) is 0 Å². The summed E-state index contributed by atoms with van der Waals surface area (Å²) in [5, 5.41) is 8.73. The molecule has 0 aliphatic heterocycles. The SMILES string of the molecule is CCC/C(=C\CC(=O)O)c1ccc(C)c(C)c1. The monoisotopic (exact) mass is 232 g/mol. The van der Waals surface area contributed by atoms with Crippen molar-refractivity contribution in [2.75, 3.05) is 0 Å². The van der Waals surface area contributed by atoms with Gasteiger partial charge in [-0.3, -0.25) is 4.79 Å². The van der Waals surface area contributed by atoms with Crippen LogP contribution in [-0.2, 0) is 4.79 Å². The quantitative estimate of drug-likeness (QED) is 0.834. The summed E-state index contributed by atoms with van der Waals surface area (Å²) in [4.78, 5) is 10.6. The zero-order chi connectivity index (χ0) is 12.8. The van der Waals surface area contributed by atoms with Crippen LogP contribution in [0.15, 0.2) is 24.3 Å². The van der Waals surface area contributed by atoms with E-state index in [0.29, 0.717) is 0 Å². The Kier molecular flexibility index (Phi) is 4.95. The fourth-order valence-corrected chi connectivity index (χ4v) is 1.79. The van der Waals surface area contributed by atoms with E-state index in [4.69, 9.17) is 5.11 Å². The fraction of sp³-hybridized carbons (Fsp3) is 0.400. The molecule has 0 unspecified atom stereocenters. The summed E-state index contributed by atoms with van der Waals surface area (Å²) >= 11 is 0. The summed E-state index contributed by atoms with van der Waals surface area (Å²) in [5.41, 5.74) is 4.80. The Hall–Kier alpha value is -1.57. The first-order chi connectivity index (χ1) is 8.04. The Morgan fingerprint density at radius 2 is 2.00 bits per heavy atom. The Bertz CT molecular complexity index is 431. The third-order valence-electron chi connectivity index (χ3n) is 2.92. The van der Waals surface area contributed by atoms with E-state index in [1.54, 1.807) is 0 Å². The van der Waals surface area contributed by atoms with Gasteiger partial charge in [-0.15, -0.1) is 0 Å². The lowest BCUT2D eigenvalue weighted by Gasteiger charge is -2.09. The molecule has 1 rings (SSSR count). The topological polar surface area (TPSA) is 37.3 Å². The molecule has 2 heteroatoms. The second-order valence-electron chi connectivity index (χ2n) is 4.38. The number of benzene rings is 1. The first-order valence-electron chi connectivity index (χ1n) is 6.03. The third-order valence-corrected chi connectivity index (χ3v) is 2.92. The van der Waals surface area contributed by atoms with Crippen molar-refractivity contribution in [1.29, 1.82) is 0 Å². The molecule has 0 spiro atoms. The highest BCUT2D eigenvalue weighted by atomic mass is 16.4. The molecule has 0 radical (unpaired) electrons. The number of allylic oxidation sites excluding steroid dienone is 1. The van der Waals surface area contributed by atoms with Gasteiger partial charge in [0.05, 0.1) is 6.42 Å². The maximum absolute atomic E-state index is 10.6. The molecule has 92 valence electrons. The first kappa shape index (κ1) is 13.5. The summed E-state index contributed by atoms with van der Waals surface area (Å²) in [5.74, 6) is -0.776. The Morgan fingerprint density at radius 3 is 2.53 bits per heavy atom. The van der Waals surface area contributed by atoms with Gasteiger partial charge in [-0.2, -0.15) is 0 Å². The molecule has 0 bridgehead atoms. The van der Waals surface area contributed by atoms with Crippen LogP contribution in [0.5, 0.6) is 0 Å². The van der Waals surface area contributed by atoms with E-state index in [1.165, 1.54) is 11.1 Å². The predicted octanol–water partition coefficient (Wildman–Crippen LogP) is 3.96. The summed E-state index contributed by atoms with van der Waals surface area (Å²) in [6.45, 7) is 6.27. The lowest BCUT2D eigenvalue weighted by atomic mass is 9.97. The molecule has 1 aromatic rings. The van der Waals surface area contributed by atoms with E-state index in [1.807, 2.05) is 6.08 Å². The summed E-state index contributed by atoms with van der Waals surface area (Å²) in [6.07, 6.45) is 3.88. The normalized spacial score (nSPS) is 11.6. The molecule has 0 aliphatic carbocycles. The minimum absolute atomic E-state index is 0.0995. The number of rotatable bonds is 5. The van der Waals surface area contributed by atoms with E-state index in [2.05, 4.69) is 39.0 Å². The highest BCUT2D eigenvalue weighted by Crippen LogP contribution is 2.22. The summed E-state index contributed by atoms with van der Waals surface area (Å²) in [6, 6.07) is 6.30. The van der Waals surface area contributed by atoms with Gasteiger partial charge in [0.25, 0.3) is 0 Å². The van der Waals surface area contributed by atoms with Crippen LogP contribution >= 0.6 is 0 Å². The van der Waals surface area contributed by atoms with E-state index in [9.17, 15) is 4.79 Å². The van der Waals surface area contributed by atoms with Crippen molar-refractivity contribution < 1.29 is 9.90 Å². The van der Waals surface area contributed by atoms with Gasteiger partial charge < -0.3 is 5.11 Å². The number of aliphatic carboxylic acids is 1. The van der Waals surface area contributed by atoms with Crippen LogP contribution < -0.4 is 0 Å². The average molecular weight is 232 g/mol. The minimum Gasteiger partial charge on any atom is -0.481 e. The highest BCUT2D eigenvalue weighted by molar-refractivity contribution is 5.74. The summed E-state index contributed by atoms with van der Waals surface area (Å²) < 4.78 is 0. The number of carboxylic acids is 1. The lowest BCUT2D eigenvalue weighted by Crippen LogP contribution is -1.94. The molecule has 0 aliphatic rings. The molecule has 1 aromatic carbocycles. The molecule has 0 heterocycles. The van der Waals surface area contributed by atoms with Crippen LogP contribution in [-0.4, -0.2) is 11.1 Å². The van der Waals surface area contributed by atoms with Crippen molar-refractivity contribution in [3.63, 3.8) is 0 Å². The lowest BCUT2D eigenvalue weighted by molar-refractivity contribution is -0.135. The van der Waals surface area contributed by atoms with Gasteiger partial charge in [-0.1, -0.05) is 37.6 Å². The van der Waals surface area contributed by atoms with Crippen LogP contribution in [0.1, 0.15) is 42.9 Å². The van der Waals surface area contributed by atoms with Gasteiger partial charge in [0.2, 0.25) is 0 Å². The molecule has 0 amide bonds. The minimum atomic E-state index is -0.776. The van der Waals surface area contributed by atoms with Crippen LogP contribution in [0.4, 0.5) is 0 Å². The Morgan fingerprint density at radius 1 is 1.29 bits per heavy atom. The molecule has 17 heavy (non-hydrogen) atoms. The van der Waals surface area contributed by atoms with Crippen molar-refractivity contribution in [2.24, 2.45) is 0 Å². The molecule has 0 aromatic heterocycles. The largest absolute Gasteiger partial charge is 0.481 e. The van der Waals surface area contributed by atoms with Gasteiger partial charge in [-0.05, 0) is 42.5 Å². The zero-order valence-electron chi connectivity index (χ0n) is 10.8. The van der Waals surface area contributed by atoms with Crippen molar-refractivity contribution in [3.05, 3.63) is 41.0 Å². The molecule has 0 fully saturated rings. The Balaban J connectivity index is 3.00. The Labute approximate surface area is 103 Å².